The largest absolute Gasteiger partial charge is 0.397 e. The lowest BCUT2D eigenvalue weighted by atomic mass is 10.2. The molecule has 0 atom stereocenters. The lowest BCUT2D eigenvalue weighted by molar-refractivity contribution is -0.116. The first kappa shape index (κ1) is 10.9. The van der Waals surface area contributed by atoms with Crippen molar-refractivity contribution in [2.45, 2.75) is 19.8 Å². The van der Waals surface area contributed by atoms with Gasteiger partial charge in [-0.05, 0) is 18.6 Å². The third-order valence-electron chi connectivity index (χ3n) is 1.79. The minimum atomic E-state index is -0.0627. The zero-order valence-corrected chi connectivity index (χ0v) is 8.77. The maximum Gasteiger partial charge on any atom is 0.224 e. The van der Waals surface area contributed by atoms with Crippen LogP contribution in [0.5, 0.6) is 0 Å². The van der Waals surface area contributed by atoms with Crippen molar-refractivity contribution in [1.82, 2.24) is 0 Å². The number of carbonyl (C=O) groups excluding carboxylic acids is 1. The Morgan fingerprint density at radius 3 is 2.86 bits per heavy atom. The minimum absolute atomic E-state index is 0.0627. The van der Waals surface area contributed by atoms with Crippen molar-refractivity contribution in [3.05, 3.63) is 23.2 Å². The summed E-state index contributed by atoms with van der Waals surface area (Å²) in [7, 11) is 0. The number of nitrogens with two attached hydrogens (primary N) is 1. The Labute approximate surface area is 88.2 Å². The van der Waals surface area contributed by atoms with Crippen LogP contribution in [0, 0.1) is 0 Å². The van der Waals surface area contributed by atoms with E-state index in [1.165, 1.54) is 0 Å². The molecule has 1 amide bonds. The molecule has 1 aromatic carbocycles. The number of nitrogens with one attached hydrogen (secondary N) is 1. The van der Waals surface area contributed by atoms with Crippen molar-refractivity contribution in [1.29, 1.82) is 0 Å². The Balaban J connectivity index is 2.80. The van der Waals surface area contributed by atoms with Gasteiger partial charge in [0, 0.05) is 6.42 Å². The van der Waals surface area contributed by atoms with E-state index in [-0.39, 0.29) is 5.91 Å². The normalized spacial score (nSPS) is 9.86. The van der Waals surface area contributed by atoms with Crippen LogP contribution in [0.4, 0.5) is 11.4 Å². The quantitative estimate of drug-likeness (QED) is 0.757. The van der Waals surface area contributed by atoms with Gasteiger partial charge in [-0.25, -0.2) is 0 Å². The summed E-state index contributed by atoms with van der Waals surface area (Å²) in [4.78, 5) is 11.3. The van der Waals surface area contributed by atoms with Gasteiger partial charge in [-0.1, -0.05) is 24.6 Å². The van der Waals surface area contributed by atoms with Gasteiger partial charge < -0.3 is 11.1 Å². The molecule has 1 rings (SSSR count). The molecule has 0 radical (unpaired) electrons. The highest BCUT2D eigenvalue weighted by molar-refractivity contribution is 6.34. The van der Waals surface area contributed by atoms with Crippen molar-refractivity contribution in [3.63, 3.8) is 0 Å². The van der Waals surface area contributed by atoms with Gasteiger partial charge in [0.05, 0.1) is 16.4 Å². The molecule has 1 aromatic rings. The molecule has 4 heteroatoms. The maximum absolute atomic E-state index is 11.3. The van der Waals surface area contributed by atoms with Crippen LogP contribution in [0.25, 0.3) is 0 Å². The maximum atomic E-state index is 11.3. The molecule has 3 N–H and O–H groups in total. The topological polar surface area (TPSA) is 55.1 Å². The Morgan fingerprint density at radius 1 is 1.57 bits per heavy atom. The molecule has 0 fully saturated rings. The Kier molecular flexibility index (Phi) is 3.77. The first-order valence-electron chi connectivity index (χ1n) is 4.49. The van der Waals surface area contributed by atoms with Crippen LogP contribution in [-0.2, 0) is 4.79 Å². The first-order valence-corrected chi connectivity index (χ1v) is 4.86. The van der Waals surface area contributed by atoms with E-state index < -0.39 is 0 Å². The molecule has 0 heterocycles. The minimum Gasteiger partial charge on any atom is -0.397 e. The number of hydrogen-bond donors (Lipinski definition) is 2. The van der Waals surface area contributed by atoms with Crippen LogP contribution in [0.1, 0.15) is 19.8 Å². The van der Waals surface area contributed by atoms with Gasteiger partial charge in [-0.2, -0.15) is 0 Å². The molecule has 0 unspecified atom stereocenters. The molecule has 0 bridgehead atoms. The van der Waals surface area contributed by atoms with Gasteiger partial charge in [0.25, 0.3) is 0 Å². The fourth-order valence-corrected chi connectivity index (χ4v) is 1.33. The number of benzene rings is 1. The second kappa shape index (κ2) is 4.86. The highest BCUT2D eigenvalue weighted by atomic mass is 35.5. The molecule has 0 saturated heterocycles. The van der Waals surface area contributed by atoms with Crippen LogP contribution in [0.3, 0.4) is 0 Å². The third-order valence-corrected chi connectivity index (χ3v) is 2.10. The van der Waals surface area contributed by atoms with E-state index in [2.05, 4.69) is 5.32 Å². The molecular formula is C10H13ClN2O. The second-order valence-corrected chi connectivity index (χ2v) is 3.41. The van der Waals surface area contributed by atoms with E-state index in [4.69, 9.17) is 17.3 Å². The van der Waals surface area contributed by atoms with Crippen molar-refractivity contribution >= 4 is 28.9 Å². The Hall–Kier alpha value is -1.22. The van der Waals surface area contributed by atoms with Crippen LogP contribution in [0.2, 0.25) is 5.02 Å². The lowest BCUT2D eigenvalue weighted by Crippen LogP contribution is -2.12. The fourth-order valence-electron chi connectivity index (χ4n) is 1.10. The summed E-state index contributed by atoms with van der Waals surface area (Å²) in [6, 6.07) is 5.14. The number of hydrogen-bond acceptors (Lipinski definition) is 2. The van der Waals surface area contributed by atoms with Gasteiger partial charge in [0.2, 0.25) is 5.91 Å². The van der Waals surface area contributed by atoms with Gasteiger partial charge >= 0.3 is 0 Å². The van der Waals surface area contributed by atoms with Crippen molar-refractivity contribution < 1.29 is 4.79 Å². The van der Waals surface area contributed by atoms with E-state index in [1.807, 2.05) is 6.92 Å². The summed E-state index contributed by atoms with van der Waals surface area (Å²) in [5, 5.41) is 3.15. The van der Waals surface area contributed by atoms with Crippen LogP contribution >= 0.6 is 11.6 Å². The van der Waals surface area contributed by atoms with E-state index >= 15 is 0 Å². The SMILES string of the molecule is CCCC(=O)Nc1c(N)cccc1Cl. The van der Waals surface area contributed by atoms with E-state index in [0.717, 1.165) is 6.42 Å². The summed E-state index contributed by atoms with van der Waals surface area (Å²) in [5.41, 5.74) is 6.66. The van der Waals surface area contributed by atoms with Crippen molar-refractivity contribution in [2.24, 2.45) is 0 Å². The number of amides is 1. The molecule has 0 aliphatic rings. The van der Waals surface area contributed by atoms with Crippen molar-refractivity contribution in [3.8, 4) is 0 Å². The molecule has 0 aliphatic carbocycles. The standard InChI is InChI=1S/C10H13ClN2O/c1-2-4-9(14)13-10-7(11)5-3-6-8(10)12/h3,5-6H,2,4,12H2,1H3,(H,13,14). The monoisotopic (exact) mass is 212 g/mol. The highest BCUT2D eigenvalue weighted by Gasteiger charge is 2.07. The zero-order valence-electron chi connectivity index (χ0n) is 8.01. The summed E-state index contributed by atoms with van der Waals surface area (Å²) in [5.74, 6) is -0.0627. The van der Waals surface area contributed by atoms with Crippen LogP contribution in [-0.4, -0.2) is 5.91 Å². The fraction of sp³-hybridized carbons (Fsp3) is 0.300. The predicted molar refractivity (Wildman–Crippen MR) is 59.4 cm³/mol. The smallest absolute Gasteiger partial charge is 0.224 e. The number of nitrogen functional groups attached to an aromatic ring is 1. The predicted octanol–water partition coefficient (Wildman–Crippen LogP) is 2.66. The molecule has 0 spiro atoms. The summed E-state index contributed by atoms with van der Waals surface area (Å²) in [6.07, 6.45) is 1.28. The summed E-state index contributed by atoms with van der Waals surface area (Å²) in [6.45, 7) is 1.94. The number of rotatable bonds is 3. The second-order valence-electron chi connectivity index (χ2n) is 3.00. The molecule has 3 nitrogen and oxygen atoms in total. The van der Waals surface area contributed by atoms with Crippen LogP contribution < -0.4 is 11.1 Å². The molecule has 0 saturated carbocycles. The van der Waals surface area contributed by atoms with Crippen LogP contribution in [0.15, 0.2) is 18.2 Å². The molecule has 76 valence electrons. The average Bonchev–Trinajstić information content (AvgIpc) is 2.12. The first-order chi connectivity index (χ1) is 6.65. The average molecular weight is 213 g/mol. The third kappa shape index (κ3) is 2.64. The molecular weight excluding hydrogens is 200 g/mol. The van der Waals surface area contributed by atoms with Gasteiger partial charge in [-0.3, -0.25) is 4.79 Å². The molecule has 0 aromatic heterocycles. The van der Waals surface area contributed by atoms with E-state index in [0.29, 0.717) is 22.8 Å². The number of para-hydroxylation sites is 1. The zero-order chi connectivity index (χ0) is 10.6. The van der Waals surface area contributed by atoms with Gasteiger partial charge in [-0.15, -0.1) is 0 Å². The number of anilines is 2. The lowest BCUT2D eigenvalue weighted by Gasteiger charge is -2.08. The van der Waals surface area contributed by atoms with Gasteiger partial charge in [0.15, 0.2) is 0 Å². The Morgan fingerprint density at radius 2 is 2.29 bits per heavy atom. The number of carbonyl (C=O) groups is 1. The Bertz CT molecular complexity index is 319. The van der Waals surface area contributed by atoms with E-state index in [1.54, 1.807) is 18.2 Å². The summed E-state index contributed by atoms with van der Waals surface area (Å²) >= 11 is 5.88. The molecule has 0 aliphatic heterocycles. The summed E-state index contributed by atoms with van der Waals surface area (Å²) < 4.78 is 0. The van der Waals surface area contributed by atoms with E-state index in [9.17, 15) is 4.79 Å². The van der Waals surface area contributed by atoms with Crippen molar-refractivity contribution in [2.75, 3.05) is 11.1 Å². The molecule has 14 heavy (non-hydrogen) atoms. The number of halogens is 1. The highest BCUT2D eigenvalue weighted by Crippen LogP contribution is 2.27. The van der Waals surface area contributed by atoms with Gasteiger partial charge in [0.1, 0.15) is 0 Å².